The quantitative estimate of drug-likeness (QED) is 0.161. The second-order valence-corrected chi connectivity index (χ2v) is 13.7. The SMILES string of the molecule is c1ccc(-c2cccc(-c3c4ccccc4c(-c4ccc(-c5cccc6ccccc56)cc4)c4cc(-c5ccc6ccccc6c5)ccc34)c2)cc1. The molecule has 0 aliphatic carbocycles. The van der Waals surface area contributed by atoms with Crippen molar-refractivity contribution in [3.63, 3.8) is 0 Å². The molecule has 0 nitrogen and oxygen atoms in total. The van der Waals surface area contributed by atoms with Crippen molar-refractivity contribution in [3.05, 3.63) is 206 Å². The van der Waals surface area contributed by atoms with Gasteiger partial charge < -0.3 is 0 Å². The van der Waals surface area contributed by atoms with Crippen molar-refractivity contribution in [3.8, 4) is 55.6 Å². The van der Waals surface area contributed by atoms with Gasteiger partial charge in [-0.2, -0.15) is 0 Å². The monoisotopic (exact) mass is 658 g/mol. The zero-order chi connectivity index (χ0) is 34.4. The van der Waals surface area contributed by atoms with E-state index in [0.29, 0.717) is 0 Å². The molecule has 52 heavy (non-hydrogen) atoms. The molecule has 242 valence electrons. The predicted molar refractivity (Wildman–Crippen MR) is 224 cm³/mol. The first-order valence-electron chi connectivity index (χ1n) is 18.0. The molecule has 0 saturated carbocycles. The van der Waals surface area contributed by atoms with E-state index in [-0.39, 0.29) is 0 Å². The molecule has 0 bridgehead atoms. The van der Waals surface area contributed by atoms with E-state index in [0.717, 1.165) is 0 Å². The van der Waals surface area contributed by atoms with Crippen LogP contribution >= 0.6 is 0 Å². The van der Waals surface area contributed by atoms with Crippen molar-refractivity contribution >= 4 is 43.1 Å². The topological polar surface area (TPSA) is 0 Å². The summed E-state index contributed by atoms with van der Waals surface area (Å²) in [7, 11) is 0. The number of benzene rings is 10. The molecule has 0 spiro atoms. The maximum absolute atomic E-state index is 2.42. The molecule has 0 heteroatoms. The minimum absolute atomic E-state index is 1.21. The van der Waals surface area contributed by atoms with E-state index in [1.807, 2.05) is 0 Å². The summed E-state index contributed by atoms with van der Waals surface area (Å²) in [5.74, 6) is 0. The van der Waals surface area contributed by atoms with Gasteiger partial charge in [0.2, 0.25) is 0 Å². The van der Waals surface area contributed by atoms with Crippen molar-refractivity contribution < 1.29 is 0 Å². The van der Waals surface area contributed by atoms with Crippen LogP contribution in [0.5, 0.6) is 0 Å². The Kier molecular flexibility index (Phi) is 7.25. The number of hydrogen-bond donors (Lipinski definition) is 0. The van der Waals surface area contributed by atoms with E-state index in [1.165, 1.54) is 98.7 Å². The van der Waals surface area contributed by atoms with Gasteiger partial charge in [0.15, 0.2) is 0 Å². The van der Waals surface area contributed by atoms with E-state index in [1.54, 1.807) is 0 Å². The Labute approximate surface area is 303 Å². The lowest BCUT2D eigenvalue weighted by Crippen LogP contribution is -1.92. The van der Waals surface area contributed by atoms with Crippen molar-refractivity contribution in [2.75, 3.05) is 0 Å². The van der Waals surface area contributed by atoms with Crippen LogP contribution in [0.4, 0.5) is 0 Å². The van der Waals surface area contributed by atoms with Crippen LogP contribution in [0.2, 0.25) is 0 Å². The predicted octanol–water partition coefficient (Wildman–Crippen LogP) is 14.6. The second kappa shape index (κ2) is 12.5. The minimum atomic E-state index is 1.21. The Hall–Kier alpha value is -6.76. The Morgan fingerprint density at radius 3 is 1.50 bits per heavy atom. The molecule has 0 amide bonds. The van der Waals surface area contributed by atoms with Crippen LogP contribution in [0.3, 0.4) is 0 Å². The highest BCUT2D eigenvalue weighted by atomic mass is 14.2. The molecule has 0 heterocycles. The van der Waals surface area contributed by atoms with Gasteiger partial charge in [0.1, 0.15) is 0 Å². The molecule has 10 aromatic carbocycles. The molecule has 0 aliphatic rings. The van der Waals surface area contributed by atoms with Gasteiger partial charge in [-0.05, 0) is 117 Å². The molecule has 0 unspecified atom stereocenters. The second-order valence-electron chi connectivity index (χ2n) is 13.7. The highest BCUT2D eigenvalue weighted by Gasteiger charge is 2.18. The van der Waals surface area contributed by atoms with Crippen LogP contribution in [-0.2, 0) is 0 Å². The van der Waals surface area contributed by atoms with Crippen LogP contribution in [0, 0.1) is 0 Å². The van der Waals surface area contributed by atoms with Gasteiger partial charge in [0, 0.05) is 0 Å². The maximum Gasteiger partial charge on any atom is -0.00261 e. The normalized spacial score (nSPS) is 11.5. The van der Waals surface area contributed by atoms with Gasteiger partial charge in [-0.15, -0.1) is 0 Å². The summed E-state index contributed by atoms with van der Waals surface area (Å²) < 4.78 is 0. The first-order chi connectivity index (χ1) is 25.8. The number of hydrogen-bond acceptors (Lipinski definition) is 0. The highest BCUT2D eigenvalue weighted by molar-refractivity contribution is 6.22. The fourth-order valence-corrected chi connectivity index (χ4v) is 8.13. The fraction of sp³-hybridized carbons (Fsp3) is 0. The van der Waals surface area contributed by atoms with Crippen LogP contribution in [0.15, 0.2) is 206 Å². The average Bonchev–Trinajstić information content (AvgIpc) is 3.22. The van der Waals surface area contributed by atoms with Crippen molar-refractivity contribution in [1.29, 1.82) is 0 Å². The van der Waals surface area contributed by atoms with Gasteiger partial charge in [-0.25, -0.2) is 0 Å². The van der Waals surface area contributed by atoms with E-state index >= 15 is 0 Å². The van der Waals surface area contributed by atoms with E-state index in [2.05, 4.69) is 206 Å². The summed E-state index contributed by atoms with van der Waals surface area (Å²) in [5, 5.41) is 10.1. The van der Waals surface area contributed by atoms with Crippen molar-refractivity contribution in [2.24, 2.45) is 0 Å². The zero-order valence-corrected chi connectivity index (χ0v) is 28.6. The number of rotatable bonds is 5. The molecule has 0 radical (unpaired) electrons. The van der Waals surface area contributed by atoms with Gasteiger partial charge >= 0.3 is 0 Å². The van der Waals surface area contributed by atoms with E-state index < -0.39 is 0 Å². The van der Waals surface area contributed by atoms with Crippen LogP contribution < -0.4 is 0 Å². The smallest absolute Gasteiger partial charge is 0.00261 e. The third-order valence-corrected chi connectivity index (χ3v) is 10.6. The lowest BCUT2D eigenvalue weighted by molar-refractivity contribution is 1.60. The largest absolute Gasteiger partial charge is 0.0622 e. The molecular formula is C52H34. The highest BCUT2D eigenvalue weighted by Crippen LogP contribution is 2.46. The van der Waals surface area contributed by atoms with Crippen LogP contribution in [0.1, 0.15) is 0 Å². The van der Waals surface area contributed by atoms with Crippen LogP contribution in [-0.4, -0.2) is 0 Å². The van der Waals surface area contributed by atoms with E-state index in [4.69, 9.17) is 0 Å². The molecule has 0 aliphatic heterocycles. The molecule has 0 atom stereocenters. The van der Waals surface area contributed by atoms with Crippen molar-refractivity contribution in [1.82, 2.24) is 0 Å². The van der Waals surface area contributed by atoms with Gasteiger partial charge in [-0.3, -0.25) is 0 Å². The lowest BCUT2D eigenvalue weighted by Gasteiger charge is -2.19. The molecule has 0 fully saturated rings. The van der Waals surface area contributed by atoms with Crippen molar-refractivity contribution in [2.45, 2.75) is 0 Å². The average molecular weight is 659 g/mol. The summed E-state index contributed by atoms with van der Waals surface area (Å²) in [4.78, 5) is 0. The summed E-state index contributed by atoms with van der Waals surface area (Å²) in [6.45, 7) is 0. The summed E-state index contributed by atoms with van der Waals surface area (Å²) in [6, 6.07) is 75.6. The Morgan fingerprint density at radius 1 is 0.192 bits per heavy atom. The molecule has 0 aromatic heterocycles. The third kappa shape index (κ3) is 5.16. The first kappa shape index (κ1) is 30.1. The minimum Gasteiger partial charge on any atom is -0.0622 e. The van der Waals surface area contributed by atoms with Crippen LogP contribution in [0.25, 0.3) is 98.7 Å². The Balaban J connectivity index is 1.23. The van der Waals surface area contributed by atoms with Gasteiger partial charge in [0.25, 0.3) is 0 Å². The van der Waals surface area contributed by atoms with E-state index in [9.17, 15) is 0 Å². The molecule has 10 aromatic rings. The molecule has 0 saturated heterocycles. The molecular weight excluding hydrogens is 625 g/mol. The lowest BCUT2D eigenvalue weighted by atomic mass is 9.84. The zero-order valence-electron chi connectivity index (χ0n) is 28.6. The third-order valence-electron chi connectivity index (χ3n) is 10.6. The Morgan fingerprint density at radius 2 is 0.692 bits per heavy atom. The summed E-state index contributed by atoms with van der Waals surface area (Å²) in [5.41, 5.74) is 12.3. The molecule has 0 N–H and O–H groups in total. The first-order valence-corrected chi connectivity index (χ1v) is 18.0. The fourth-order valence-electron chi connectivity index (χ4n) is 8.13. The summed E-state index contributed by atoms with van der Waals surface area (Å²) >= 11 is 0. The standard InChI is InChI=1S/C52H34/c1-2-12-35(13-3-1)41-18-10-19-44(33-41)52-48-22-9-8-21-47(48)51(39-27-25-38(26-28-39)46-23-11-17-37-15-6-7-20-45(37)46)50-34-43(30-31-49(50)52)42-29-24-36-14-4-5-16-40(36)32-42/h1-34H. The Bertz CT molecular complexity index is 2930. The summed E-state index contributed by atoms with van der Waals surface area (Å²) in [6.07, 6.45) is 0. The number of fused-ring (bicyclic) bond motifs is 4. The maximum atomic E-state index is 2.42. The molecule has 10 rings (SSSR count). The van der Waals surface area contributed by atoms with Gasteiger partial charge in [0.05, 0.1) is 0 Å². The van der Waals surface area contributed by atoms with Gasteiger partial charge in [-0.1, -0.05) is 188 Å².